The molecule has 0 atom stereocenters. The average molecular weight is 1150 g/mol. The zero-order valence-electron chi connectivity index (χ0n) is 51.7. The maximum atomic E-state index is 11.0. The van der Waals surface area contributed by atoms with Crippen LogP contribution in [0.5, 0.6) is 0 Å². The molecule has 4 aliphatic heterocycles. The van der Waals surface area contributed by atoms with Gasteiger partial charge in [0.1, 0.15) is 0 Å². The number of amides is 4. The largest absolute Gasteiger partial charge is 0.480 e. The molecular weight excluding hydrogens is 1040 g/mol. The zero-order chi connectivity index (χ0) is 63.1. The molecule has 0 aromatic carbocycles. The lowest BCUT2D eigenvalue weighted by atomic mass is 9.79. The molecule has 0 saturated carbocycles. The Morgan fingerprint density at radius 1 is 0.325 bits per heavy atom. The summed E-state index contributed by atoms with van der Waals surface area (Å²) in [5, 5.41) is 92.0. The molecule has 26 heteroatoms. The van der Waals surface area contributed by atoms with Crippen LogP contribution in [0, 0.1) is 0 Å². The Balaban J connectivity index is 0.000000979. The van der Waals surface area contributed by atoms with E-state index in [4.69, 9.17) is 20.4 Å². The Morgan fingerprint density at radius 2 is 0.450 bits per heavy atom. The molecule has 0 bridgehead atoms. The highest BCUT2D eigenvalue weighted by Crippen LogP contribution is 2.39. The number of piperidine rings is 4. The normalized spacial score (nSPS) is 22.4. The summed E-state index contributed by atoms with van der Waals surface area (Å²) in [6.45, 7) is 35.7. The minimum atomic E-state index is -1.23. The van der Waals surface area contributed by atoms with Gasteiger partial charge in [0.15, 0.2) is 0 Å². The minimum Gasteiger partial charge on any atom is -0.480 e. The van der Waals surface area contributed by atoms with Crippen molar-refractivity contribution in [3.8, 4) is 0 Å². The monoisotopic (exact) mass is 1150 g/mol. The van der Waals surface area contributed by atoms with E-state index in [1.165, 1.54) is 47.9 Å². The molecule has 80 heavy (non-hydrogen) atoms. The summed E-state index contributed by atoms with van der Waals surface area (Å²) in [7, 11) is 0. The zero-order valence-corrected chi connectivity index (χ0v) is 51.7. The quantitative estimate of drug-likeness (QED) is 0.110. The predicted octanol–water partition coefficient (Wildman–Crippen LogP) is 4.06. The smallest absolute Gasteiger partial charge is 0.317 e. The number of hydrogen-bond donors (Lipinski definition) is 12. The fourth-order valence-electron chi connectivity index (χ4n) is 12.1. The number of aliphatic carboxylic acids is 4. The van der Waals surface area contributed by atoms with Gasteiger partial charge in [-0.25, -0.2) is 0 Å². The van der Waals surface area contributed by atoms with E-state index in [0.29, 0.717) is 0 Å². The summed E-state index contributed by atoms with van der Waals surface area (Å²) in [4.78, 5) is 88.5. The first-order chi connectivity index (χ1) is 35.8. The van der Waals surface area contributed by atoms with Gasteiger partial charge in [-0.15, -0.1) is 0 Å². The Morgan fingerprint density at radius 3 is 0.550 bits per heavy atom. The van der Waals surface area contributed by atoms with Crippen molar-refractivity contribution in [3.63, 3.8) is 0 Å². The van der Waals surface area contributed by atoms with Crippen molar-refractivity contribution in [1.29, 1.82) is 0 Å². The second kappa shape index (κ2) is 30.1. The molecule has 26 nitrogen and oxygen atoms in total. The third-order valence-electron chi connectivity index (χ3n) is 14.4. The van der Waals surface area contributed by atoms with Crippen LogP contribution in [0.1, 0.15) is 190 Å². The number of carbonyl (C=O) groups is 8. The molecule has 4 saturated heterocycles. The maximum absolute atomic E-state index is 11.0. The lowest BCUT2D eigenvalue weighted by Gasteiger charge is -2.51. The van der Waals surface area contributed by atoms with E-state index in [-0.39, 0.29) is 105 Å². The first kappa shape index (κ1) is 75.4. The topological polar surface area (TPSA) is 366 Å². The molecule has 0 unspecified atom stereocenters. The van der Waals surface area contributed by atoms with Crippen molar-refractivity contribution in [1.82, 2.24) is 51.3 Å². The molecule has 12 N–H and O–H groups in total. The number of nitrogens with one attached hydrogen (secondary N) is 4. The van der Waals surface area contributed by atoms with Crippen molar-refractivity contribution >= 4 is 47.5 Å². The van der Waals surface area contributed by atoms with Crippen LogP contribution in [0.15, 0.2) is 0 Å². The van der Waals surface area contributed by atoms with Crippen LogP contribution in [0.3, 0.4) is 0 Å². The maximum Gasteiger partial charge on any atom is 0.317 e. The second-order valence-corrected chi connectivity index (χ2v) is 27.0. The summed E-state index contributed by atoms with van der Waals surface area (Å²) < 4.78 is 0. The van der Waals surface area contributed by atoms with Crippen LogP contribution in [0.2, 0.25) is 0 Å². The van der Waals surface area contributed by atoms with Crippen LogP contribution in [0.4, 0.5) is 0 Å². The van der Waals surface area contributed by atoms with Gasteiger partial charge < -0.3 is 62.5 Å². The SMILES string of the molecule is CC(=O)NC1CC(C)(C)N(O)C(C)(C)C1.CC(=O)NC1CC(C)(C)N(O)C(C)(C)C1.CC(=O)NC1CC(C)(C)N(O)C(C)(C)C1.CC(=O)NC1CC(C)(C)N(O)C(C)(C)C1.O=C(O)CN(CCN(CC(=O)O)CC(=O)O)CC(=O)O. The van der Waals surface area contributed by atoms with Gasteiger partial charge in [-0.2, -0.15) is 20.3 Å². The Kier molecular flexibility index (Phi) is 28.3. The van der Waals surface area contributed by atoms with Gasteiger partial charge in [0.2, 0.25) is 23.6 Å². The summed E-state index contributed by atoms with van der Waals surface area (Å²) >= 11 is 0. The minimum absolute atomic E-state index is 0.00186. The Labute approximate surface area is 474 Å². The van der Waals surface area contributed by atoms with Gasteiger partial charge >= 0.3 is 23.9 Å². The lowest BCUT2D eigenvalue weighted by Crippen LogP contribution is -2.62. The molecule has 0 spiro atoms. The van der Waals surface area contributed by atoms with Gasteiger partial charge in [0.25, 0.3) is 0 Å². The average Bonchev–Trinajstić information content (AvgIpc) is 3.20. The van der Waals surface area contributed by atoms with E-state index >= 15 is 0 Å². The van der Waals surface area contributed by atoms with Crippen molar-refractivity contribution in [2.75, 3.05) is 39.3 Å². The Bertz CT molecular complexity index is 1740. The van der Waals surface area contributed by atoms with Crippen molar-refractivity contribution in [2.24, 2.45) is 0 Å². The molecule has 4 heterocycles. The summed E-state index contributed by atoms with van der Waals surface area (Å²) in [5.41, 5.74) is -2.37. The van der Waals surface area contributed by atoms with Gasteiger partial charge in [-0.05, 0) is 162 Å². The summed E-state index contributed by atoms with van der Waals surface area (Å²) in [6, 6.07) is 0.596. The predicted molar refractivity (Wildman–Crippen MR) is 298 cm³/mol. The number of hydroxylamine groups is 8. The molecule has 0 aliphatic carbocycles. The van der Waals surface area contributed by atoms with Gasteiger partial charge in [-0.3, -0.25) is 48.2 Å². The number of carbonyl (C=O) groups excluding carboxylic acids is 4. The number of nitrogens with zero attached hydrogens (tertiary/aromatic N) is 6. The van der Waals surface area contributed by atoms with Gasteiger partial charge in [0, 0.05) is 109 Å². The van der Waals surface area contributed by atoms with E-state index in [0.717, 1.165) is 61.2 Å². The lowest BCUT2D eigenvalue weighted by molar-refractivity contribution is -0.246. The van der Waals surface area contributed by atoms with Crippen molar-refractivity contribution in [3.05, 3.63) is 0 Å². The van der Waals surface area contributed by atoms with Crippen molar-refractivity contribution < 1.29 is 79.6 Å². The first-order valence-electron chi connectivity index (χ1n) is 27.2. The number of carboxylic acid groups (broad SMARTS) is 4. The third-order valence-corrected chi connectivity index (χ3v) is 14.4. The van der Waals surface area contributed by atoms with E-state index in [9.17, 15) is 59.2 Å². The van der Waals surface area contributed by atoms with Crippen LogP contribution in [0.25, 0.3) is 0 Å². The van der Waals surface area contributed by atoms with E-state index in [2.05, 4.69) is 21.3 Å². The number of carboxylic acids is 4. The molecule has 4 aliphatic rings. The molecule has 4 amide bonds. The number of hydrogen-bond acceptors (Lipinski definition) is 18. The van der Waals surface area contributed by atoms with Crippen LogP contribution < -0.4 is 21.3 Å². The third kappa shape index (κ3) is 26.5. The Hall–Kier alpha value is -4.64. The fourth-order valence-corrected chi connectivity index (χ4v) is 12.1. The van der Waals surface area contributed by atoms with Gasteiger partial charge in [-0.1, -0.05) is 0 Å². The molecule has 0 aromatic rings. The molecular formula is C54H104N10O16. The van der Waals surface area contributed by atoms with Gasteiger partial charge in [0.05, 0.1) is 26.2 Å². The number of rotatable bonds is 15. The molecule has 0 aromatic heterocycles. The molecule has 466 valence electrons. The first-order valence-corrected chi connectivity index (χ1v) is 27.2. The highest BCUT2D eigenvalue weighted by atomic mass is 16.5. The standard InChI is InChI=1S/4C11H22N2O2.C10H16N2O8/c4*1-8(14)12-9-6-10(2,3)13(15)11(4,5)7-9;13-7(14)3-11(4-8(15)16)1-2-12(5-9(17)18)6-10(19)20/h4*9,15H,6-7H2,1-5H3,(H,12,14);1-6H2,(H,13,14)(H,15,16)(H,17,18)(H,19,20). The molecule has 4 rings (SSSR count). The van der Waals surface area contributed by atoms with Crippen molar-refractivity contribution in [2.45, 2.75) is 258 Å². The van der Waals surface area contributed by atoms with E-state index < -0.39 is 50.1 Å². The van der Waals surface area contributed by atoms with E-state index in [1.54, 1.807) is 0 Å². The second-order valence-electron chi connectivity index (χ2n) is 27.0. The fraction of sp³-hybridized carbons (Fsp3) is 0.852. The highest BCUT2D eigenvalue weighted by Gasteiger charge is 2.48. The van der Waals surface area contributed by atoms with Crippen LogP contribution in [-0.2, 0) is 38.4 Å². The van der Waals surface area contributed by atoms with Crippen LogP contribution >= 0.6 is 0 Å². The molecule has 0 radical (unpaired) electrons. The van der Waals surface area contributed by atoms with E-state index in [1.807, 2.05) is 111 Å². The highest BCUT2D eigenvalue weighted by molar-refractivity contribution is 5.75. The summed E-state index contributed by atoms with van der Waals surface area (Å²) in [5.74, 6) is -4.92. The molecule has 4 fully saturated rings. The summed E-state index contributed by atoms with van der Waals surface area (Å²) in [6.07, 6.45) is 6.16. The van der Waals surface area contributed by atoms with Crippen LogP contribution in [-0.4, -0.2) is 227 Å².